The van der Waals surface area contributed by atoms with Crippen molar-refractivity contribution in [1.82, 2.24) is 4.98 Å². The van der Waals surface area contributed by atoms with Crippen molar-refractivity contribution in [3.8, 4) is 0 Å². The molecule has 84 valence electrons. The predicted molar refractivity (Wildman–Crippen MR) is 46.4 cm³/mol. The van der Waals surface area contributed by atoms with E-state index in [-0.39, 0.29) is 12.1 Å². The van der Waals surface area contributed by atoms with Gasteiger partial charge in [0.2, 0.25) is 0 Å². The van der Waals surface area contributed by atoms with Gasteiger partial charge in [0.15, 0.2) is 5.01 Å². The third-order valence-electron chi connectivity index (χ3n) is 1.54. The SMILES string of the molecule is N[C@@H](Cc1csc(C(F)(F)F)n1)C(=O)O. The van der Waals surface area contributed by atoms with Crippen molar-refractivity contribution < 1.29 is 23.1 Å². The van der Waals surface area contributed by atoms with E-state index in [0.717, 1.165) is 5.38 Å². The molecule has 0 aliphatic heterocycles. The molecule has 0 bridgehead atoms. The Hall–Kier alpha value is -1.15. The Bertz CT molecular complexity index is 363. The second-order valence-electron chi connectivity index (χ2n) is 2.79. The standard InChI is InChI=1S/C7H7F3N2O2S/c8-7(9,10)6-12-3(2-15-6)1-4(11)5(13)14/h2,4H,1,11H2,(H,13,14)/t4-/m0/s1. The molecular weight excluding hydrogens is 233 g/mol. The number of thiazole rings is 1. The van der Waals surface area contributed by atoms with Gasteiger partial charge in [-0.1, -0.05) is 0 Å². The van der Waals surface area contributed by atoms with Crippen LogP contribution in [0.5, 0.6) is 0 Å². The highest BCUT2D eigenvalue weighted by atomic mass is 32.1. The molecule has 0 unspecified atom stereocenters. The molecule has 15 heavy (non-hydrogen) atoms. The Balaban J connectivity index is 2.73. The molecule has 1 aromatic rings. The number of aliphatic carboxylic acids is 1. The lowest BCUT2D eigenvalue weighted by Crippen LogP contribution is -2.32. The monoisotopic (exact) mass is 240 g/mol. The second kappa shape index (κ2) is 4.15. The average molecular weight is 240 g/mol. The van der Waals surface area contributed by atoms with Gasteiger partial charge in [-0.15, -0.1) is 11.3 Å². The maximum absolute atomic E-state index is 12.1. The van der Waals surface area contributed by atoms with E-state index < -0.39 is 23.2 Å². The van der Waals surface area contributed by atoms with E-state index in [1.807, 2.05) is 0 Å². The number of carboxylic acids is 1. The highest BCUT2D eigenvalue weighted by molar-refractivity contribution is 7.09. The van der Waals surface area contributed by atoms with E-state index in [0.29, 0.717) is 11.3 Å². The number of aromatic nitrogens is 1. The van der Waals surface area contributed by atoms with Crippen LogP contribution >= 0.6 is 11.3 Å². The molecule has 1 aromatic heterocycles. The van der Waals surface area contributed by atoms with Gasteiger partial charge in [0.05, 0.1) is 5.69 Å². The van der Waals surface area contributed by atoms with Crippen LogP contribution in [0.2, 0.25) is 0 Å². The molecule has 0 fully saturated rings. The minimum Gasteiger partial charge on any atom is -0.480 e. The summed E-state index contributed by atoms with van der Waals surface area (Å²) < 4.78 is 36.3. The summed E-state index contributed by atoms with van der Waals surface area (Å²) in [7, 11) is 0. The Morgan fingerprint density at radius 1 is 1.67 bits per heavy atom. The van der Waals surface area contributed by atoms with Crippen molar-refractivity contribution in [2.24, 2.45) is 5.73 Å². The smallest absolute Gasteiger partial charge is 0.443 e. The van der Waals surface area contributed by atoms with Crippen molar-refractivity contribution >= 4 is 17.3 Å². The lowest BCUT2D eigenvalue weighted by molar-refractivity contribution is -0.138. The number of halogens is 3. The molecular formula is C7H7F3N2O2S. The molecule has 1 rings (SSSR count). The number of alkyl halides is 3. The number of nitrogens with two attached hydrogens (primary N) is 1. The minimum atomic E-state index is -4.49. The van der Waals surface area contributed by atoms with E-state index in [4.69, 9.17) is 10.8 Å². The predicted octanol–water partition coefficient (Wildman–Crippen LogP) is 1.12. The van der Waals surface area contributed by atoms with Gasteiger partial charge in [-0.3, -0.25) is 4.79 Å². The van der Waals surface area contributed by atoms with Crippen LogP contribution in [-0.4, -0.2) is 22.1 Å². The lowest BCUT2D eigenvalue weighted by atomic mass is 10.2. The summed E-state index contributed by atoms with van der Waals surface area (Å²) in [5, 5.41) is 8.61. The van der Waals surface area contributed by atoms with Gasteiger partial charge >= 0.3 is 12.1 Å². The topological polar surface area (TPSA) is 76.2 Å². The summed E-state index contributed by atoms with van der Waals surface area (Å²) in [5.74, 6) is -1.27. The van der Waals surface area contributed by atoms with Crippen molar-refractivity contribution in [2.75, 3.05) is 0 Å². The summed E-state index contributed by atoms with van der Waals surface area (Å²) >= 11 is 0.426. The Morgan fingerprint density at radius 2 is 2.27 bits per heavy atom. The molecule has 0 radical (unpaired) electrons. The summed E-state index contributed by atoms with van der Waals surface area (Å²) in [6, 6.07) is -1.23. The van der Waals surface area contributed by atoms with Crippen LogP contribution in [0.15, 0.2) is 5.38 Å². The van der Waals surface area contributed by atoms with Gasteiger partial charge in [0.1, 0.15) is 6.04 Å². The molecule has 0 amide bonds. The average Bonchev–Trinajstić information content (AvgIpc) is 2.51. The van der Waals surface area contributed by atoms with E-state index in [9.17, 15) is 18.0 Å². The maximum Gasteiger partial charge on any atom is 0.443 e. The van der Waals surface area contributed by atoms with E-state index in [1.165, 1.54) is 0 Å². The van der Waals surface area contributed by atoms with Gasteiger partial charge in [-0.2, -0.15) is 13.2 Å². The number of hydrogen-bond acceptors (Lipinski definition) is 4. The zero-order valence-electron chi connectivity index (χ0n) is 7.28. The van der Waals surface area contributed by atoms with Crippen LogP contribution in [-0.2, 0) is 17.4 Å². The Morgan fingerprint density at radius 3 is 2.67 bits per heavy atom. The first-order chi connectivity index (χ1) is 6.80. The molecule has 3 N–H and O–H groups in total. The zero-order chi connectivity index (χ0) is 11.6. The first-order valence-corrected chi connectivity index (χ1v) is 4.68. The van der Waals surface area contributed by atoms with E-state index in [1.54, 1.807) is 0 Å². The zero-order valence-corrected chi connectivity index (χ0v) is 8.10. The first kappa shape index (κ1) is 11.9. The van der Waals surface area contributed by atoms with Crippen molar-refractivity contribution in [1.29, 1.82) is 0 Å². The number of carbonyl (C=O) groups is 1. The maximum atomic E-state index is 12.1. The summed E-state index contributed by atoms with van der Waals surface area (Å²) in [5.41, 5.74) is 5.19. The highest BCUT2D eigenvalue weighted by Crippen LogP contribution is 2.31. The highest BCUT2D eigenvalue weighted by Gasteiger charge is 2.34. The van der Waals surface area contributed by atoms with Gasteiger partial charge in [-0.05, 0) is 0 Å². The summed E-state index contributed by atoms with van der Waals surface area (Å²) in [6.45, 7) is 0. The van der Waals surface area contributed by atoms with Gasteiger partial charge in [0.25, 0.3) is 0 Å². The molecule has 0 aliphatic rings. The van der Waals surface area contributed by atoms with Crippen molar-refractivity contribution in [3.05, 3.63) is 16.1 Å². The number of rotatable bonds is 3. The Labute approximate surface area is 86.5 Å². The minimum absolute atomic E-state index is 0.0437. The molecule has 4 nitrogen and oxygen atoms in total. The van der Waals surface area contributed by atoms with Crippen LogP contribution in [0.3, 0.4) is 0 Å². The molecule has 1 heterocycles. The van der Waals surface area contributed by atoms with Gasteiger partial charge in [0, 0.05) is 11.8 Å². The molecule has 0 saturated carbocycles. The van der Waals surface area contributed by atoms with Crippen LogP contribution in [0.25, 0.3) is 0 Å². The third kappa shape index (κ3) is 3.17. The number of hydrogen-bond donors (Lipinski definition) is 2. The van der Waals surface area contributed by atoms with Crippen LogP contribution in [0.4, 0.5) is 13.2 Å². The summed E-state index contributed by atoms with van der Waals surface area (Å²) in [6.07, 6.45) is -4.70. The quantitative estimate of drug-likeness (QED) is 0.829. The second-order valence-corrected chi connectivity index (χ2v) is 3.65. The number of nitrogens with zero attached hydrogens (tertiary/aromatic N) is 1. The lowest BCUT2D eigenvalue weighted by Gasteiger charge is -2.03. The molecule has 0 aromatic carbocycles. The molecule has 8 heteroatoms. The van der Waals surface area contributed by atoms with Crippen LogP contribution < -0.4 is 5.73 Å². The van der Waals surface area contributed by atoms with Gasteiger partial charge < -0.3 is 10.8 Å². The fourth-order valence-corrected chi connectivity index (χ4v) is 1.54. The first-order valence-electron chi connectivity index (χ1n) is 3.80. The van der Waals surface area contributed by atoms with Crippen LogP contribution in [0.1, 0.15) is 10.7 Å². The Kier molecular flexibility index (Phi) is 3.30. The van der Waals surface area contributed by atoms with E-state index >= 15 is 0 Å². The fraction of sp³-hybridized carbons (Fsp3) is 0.429. The third-order valence-corrected chi connectivity index (χ3v) is 2.48. The van der Waals surface area contributed by atoms with Crippen molar-refractivity contribution in [2.45, 2.75) is 18.6 Å². The molecule has 0 saturated heterocycles. The van der Waals surface area contributed by atoms with Crippen molar-refractivity contribution in [3.63, 3.8) is 0 Å². The summed E-state index contributed by atoms with van der Waals surface area (Å²) in [4.78, 5) is 13.6. The normalized spacial score (nSPS) is 13.9. The van der Waals surface area contributed by atoms with Gasteiger partial charge in [-0.25, -0.2) is 4.98 Å². The molecule has 1 atom stereocenters. The largest absolute Gasteiger partial charge is 0.480 e. The number of carboxylic acid groups (broad SMARTS) is 1. The molecule has 0 spiro atoms. The van der Waals surface area contributed by atoms with E-state index in [2.05, 4.69) is 4.98 Å². The van der Waals surface area contributed by atoms with Crippen LogP contribution in [0, 0.1) is 0 Å². The molecule has 0 aliphatic carbocycles. The fourth-order valence-electron chi connectivity index (χ4n) is 0.844.